The first-order valence-electron chi connectivity index (χ1n) is 5.47. The van der Waals surface area contributed by atoms with Crippen LogP contribution in [0.1, 0.15) is 32.2 Å². The van der Waals surface area contributed by atoms with Gasteiger partial charge in [-0.15, -0.1) is 0 Å². The standard InChI is InChI=1S/C12H17BrN2O2/c1-8-5-6-10(15(16)17)9(14-8)7-11(13)12(2,3)4/h5-6,11H,7H2,1-4H3. The molecule has 0 amide bonds. The van der Waals surface area contributed by atoms with Crippen LogP contribution in [-0.2, 0) is 6.42 Å². The minimum Gasteiger partial charge on any atom is -0.258 e. The number of aryl methyl sites for hydroxylation is 1. The van der Waals surface area contributed by atoms with Crippen molar-refractivity contribution in [1.29, 1.82) is 0 Å². The summed E-state index contributed by atoms with van der Waals surface area (Å²) in [5.41, 5.74) is 1.49. The number of rotatable bonds is 3. The van der Waals surface area contributed by atoms with Crippen LogP contribution < -0.4 is 0 Å². The fourth-order valence-electron chi connectivity index (χ4n) is 1.40. The van der Waals surface area contributed by atoms with Gasteiger partial charge in [0.2, 0.25) is 0 Å². The molecule has 0 aliphatic heterocycles. The van der Waals surface area contributed by atoms with E-state index in [2.05, 4.69) is 41.7 Å². The van der Waals surface area contributed by atoms with E-state index in [-0.39, 0.29) is 20.9 Å². The first kappa shape index (κ1) is 14.1. The van der Waals surface area contributed by atoms with Gasteiger partial charge in [-0.05, 0) is 18.4 Å². The molecular weight excluding hydrogens is 284 g/mol. The maximum atomic E-state index is 10.9. The summed E-state index contributed by atoms with van der Waals surface area (Å²) in [4.78, 5) is 15.0. The van der Waals surface area contributed by atoms with Crippen LogP contribution in [0.4, 0.5) is 5.69 Å². The molecule has 1 rings (SSSR count). The third-order valence-corrected chi connectivity index (χ3v) is 4.30. The van der Waals surface area contributed by atoms with Crippen LogP contribution in [0.2, 0.25) is 0 Å². The van der Waals surface area contributed by atoms with Gasteiger partial charge in [0.05, 0.1) is 4.92 Å². The number of nitrogens with zero attached hydrogens (tertiary/aromatic N) is 2. The first-order valence-corrected chi connectivity index (χ1v) is 6.38. The van der Waals surface area contributed by atoms with Gasteiger partial charge >= 0.3 is 0 Å². The van der Waals surface area contributed by atoms with Gasteiger partial charge in [0.25, 0.3) is 5.69 Å². The molecule has 0 spiro atoms. The average molecular weight is 301 g/mol. The fraction of sp³-hybridized carbons (Fsp3) is 0.583. The van der Waals surface area contributed by atoms with Gasteiger partial charge in [-0.2, -0.15) is 0 Å². The third-order valence-electron chi connectivity index (χ3n) is 2.60. The van der Waals surface area contributed by atoms with Crippen molar-refractivity contribution in [2.45, 2.75) is 38.9 Å². The van der Waals surface area contributed by atoms with Gasteiger partial charge in [0.1, 0.15) is 5.69 Å². The summed E-state index contributed by atoms with van der Waals surface area (Å²) in [6.07, 6.45) is 0.557. The van der Waals surface area contributed by atoms with Crippen LogP contribution in [0.3, 0.4) is 0 Å². The average Bonchev–Trinajstić information content (AvgIpc) is 2.15. The maximum absolute atomic E-state index is 10.9. The Kier molecular flexibility index (Phi) is 4.25. The number of aromatic nitrogens is 1. The molecule has 0 fully saturated rings. The summed E-state index contributed by atoms with van der Waals surface area (Å²) in [5, 5.41) is 10.9. The highest BCUT2D eigenvalue weighted by atomic mass is 79.9. The van der Waals surface area contributed by atoms with Crippen LogP contribution in [0, 0.1) is 22.5 Å². The number of alkyl halides is 1. The quantitative estimate of drug-likeness (QED) is 0.486. The zero-order valence-corrected chi connectivity index (χ0v) is 12.1. The Balaban J connectivity index is 3.04. The molecule has 17 heavy (non-hydrogen) atoms. The molecule has 1 aromatic rings. The molecule has 1 unspecified atom stereocenters. The van der Waals surface area contributed by atoms with E-state index in [0.717, 1.165) is 5.69 Å². The highest BCUT2D eigenvalue weighted by molar-refractivity contribution is 9.09. The van der Waals surface area contributed by atoms with E-state index in [4.69, 9.17) is 0 Å². The van der Waals surface area contributed by atoms with Crippen molar-refractivity contribution in [1.82, 2.24) is 4.98 Å². The normalized spacial score (nSPS) is 13.5. The summed E-state index contributed by atoms with van der Waals surface area (Å²) in [6, 6.07) is 3.20. The molecule has 0 saturated heterocycles. The Labute approximate surface area is 110 Å². The van der Waals surface area contributed by atoms with Crippen molar-refractivity contribution in [3.05, 3.63) is 33.6 Å². The first-order chi connectivity index (χ1) is 7.71. The second-order valence-electron chi connectivity index (χ2n) is 5.21. The van der Waals surface area contributed by atoms with E-state index >= 15 is 0 Å². The van der Waals surface area contributed by atoms with Crippen LogP contribution in [0.5, 0.6) is 0 Å². The van der Waals surface area contributed by atoms with Crippen molar-refractivity contribution >= 4 is 21.6 Å². The summed E-state index contributed by atoms with van der Waals surface area (Å²) >= 11 is 3.58. The van der Waals surface area contributed by atoms with Gasteiger partial charge in [0, 0.05) is 23.0 Å². The molecule has 4 nitrogen and oxygen atoms in total. The van der Waals surface area contributed by atoms with Gasteiger partial charge in [-0.3, -0.25) is 15.1 Å². The van der Waals surface area contributed by atoms with Crippen molar-refractivity contribution in [2.24, 2.45) is 5.41 Å². The summed E-state index contributed by atoms with van der Waals surface area (Å²) in [5.74, 6) is 0. The third kappa shape index (κ3) is 3.77. The lowest BCUT2D eigenvalue weighted by atomic mass is 9.89. The monoisotopic (exact) mass is 300 g/mol. The zero-order valence-electron chi connectivity index (χ0n) is 10.5. The van der Waals surface area contributed by atoms with Crippen molar-refractivity contribution in [3.8, 4) is 0 Å². The van der Waals surface area contributed by atoms with Gasteiger partial charge in [-0.1, -0.05) is 36.7 Å². The summed E-state index contributed by atoms with van der Waals surface area (Å²) in [6.45, 7) is 8.11. The number of nitro groups is 1. The molecule has 1 atom stereocenters. The molecule has 0 aromatic carbocycles. The molecule has 0 N–H and O–H groups in total. The molecule has 0 saturated carbocycles. The van der Waals surface area contributed by atoms with Crippen LogP contribution in [0.15, 0.2) is 12.1 Å². The Morgan fingerprint density at radius 1 is 1.47 bits per heavy atom. The Hall–Kier alpha value is -0.970. The topological polar surface area (TPSA) is 56.0 Å². The Morgan fingerprint density at radius 3 is 2.53 bits per heavy atom. The molecule has 0 bridgehead atoms. The van der Waals surface area contributed by atoms with Gasteiger partial charge in [-0.25, -0.2) is 0 Å². The summed E-state index contributed by atoms with van der Waals surface area (Å²) in [7, 11) is 0. The molecule has 0 radical (unpaired) electrons. The van der Waals surface area contributed by atoms with Crippen LogP contribution in [0.25, 0.3) is 0 Å². The van der Waals surface area contributed by atoms with E-state index in [0.29, 0.717) is 12.1 Å². The van der Waals surface area contributed by atoms with Crippen molar-refractivity contribution in [3.63, 3.8) is 0 Å². The number of pyridine rings is 1. The minimum absolute atomic E-state index is 0.0410. The zero-order chi connectivity index (χ0) is 13.2. The molecule has 1 aromatic heterocycles. The summed E-state index contributed by atoms with van der Waals surface area (Å²) < 4.78 is 0. The van der Waals surface area contributed by atoms with Crippen molar-refractivity contribution < 1.29 is 4.92 Å². The number of hydrogen-bond donors (Lipinski definition) is 0. The molecule has 0 aliphatic carbocycles. The largest absolute Gasteiger partial charge is 0.290 e. The molecule has 0 aliphatic rings. The predicted octanol–water partition coefficient (Wildman–Crippen LogP) is 3.65. The van der Waals surface area contributed by atoms with Gasteiger partial charge in [0.15, 0.2) is 0 Å². The van der Waals surface area contributed by atoms with E-state index in [1.807, 2.05) is 6.92 Å². The highest BCUT2D eigenvalue weighted by Crippen LogP contribution is 2.30. The van der Waals surface area contributed by atoms with E-state index in [1.54, 1.807) is 6.07 Å². The SMILES string of the molecule is Cc1ccc([N+](=O)[O-])c(CC(Br)C(C)(C)C)n1. The molecule has 5 heteroatoms. The smallest absolute Gasteiger partial charge is 0.258 e. The lowest BCUT2D eigenvalue weighted by Crippen LogP contribution is -2.23. The van der Waals surface area contributed by atoms with E-state index in [9.17, 15) is 10.1 Å². The molecule has 94 valence electrons. The lowest BCUT2D eigenvalue weighted by Gasteiger charge is -2.25. The fourth-order valence-corrected chi connectivity index (χ4v) is 1.70. The van der Waals surface area contributed by atoms with Gasteiger partial charge < -0.3 is 0 Å². The number of hydrogen-bond acceptors (Lipinski definition) is 3. The molecule has 1 heterocycles. The highest BCUT2D eigenvalue weighted by Gasteiger charge is 2.26. The number of halogens is 1. The van der Waals surface area contributed by atoms with E-state index in [1.165, 1.54) is 6.07 Å². The van der Waals surface area contributed by atoms with Crippen LogP contribution in [-0.4, -0.2) is 14.7 Å². The second-order valence-corrected chi connectivity index (χ2v) is 6.32. The lowest BCUT2D eigenvalue weighted by molar-refractivity contribution is -0.386. The van der Waals surface area contributed by atoms with E-state index < -0.39 is 0 Å². The van der Waals surface area contributed by atoms with Crippen LogP contribution >= 0.6 is 15.9 Å². The Morgan fingerprint density at radius 2 is 2.06 bits per heavy atom. The maximum Gasteiger partial charge on any atom is 0.290 e. The van der Waals surface area contributed by atoms with Crippen molar-refractivity contribution in [2.75, 3.05) is 0 Å². The predicted molar refractivity (Wildman–Crippen MR) is 71.5 cm³/mol. The Bertz CT molecular complexity index is 427. The molecular formula is C12H17BrN2O2. The minimum atomic E-state index is -0.371. The second kappa shape index (κ2) is 5.12.